The predicted molar refractivity (Wildman–Crippen MR) is 113 cm³/mol. The molecular weight excluding hydrogens is 439 g/mol. The van der Waals surface area contributed by atoms with Crippen molar-refractivity contribution in [3.8, 4) is 0 Å². The van der Waals surface area contributed by atoms with Gasteiger partial charge in [0.15, 0.2) is 6.61 Å². The molecule has 2 amide bonds. The Balaban J connectivity index is 1.57. The first-order chi connectivity index (χ1) is 13.8. The van der Waals surface area contributed by atoms with Gasteiger partial charge in [0.05, 0.1) is 21.7 Å². The van der Waals surface area contributed by atoms with Crippen LogP contribution >= 0.6 is 34.8 Å². The van der Waals surface area contributed by atoms with E-state index in [1.54, 1.807) is 36.4 Å². The van der Waals surface area contributed by atoms with Gasteiger partial charge in [-0.15, -0.1) is 0 Å². The van der Waals surface area contributed by atoms with Crippen molar-refractivity contribution < 1.29 is 19.1 Å². The summed E-state index contributed by atoms with van der Waals surface area (Å²) in [7, 11) is 0. The number of benzene rings is 2. The molecule has 1 aliphatic rings. The van der Waals surface area contributed by atoms with Crippen molar-refractivity contribution in [3.63, 3.8) is 0 Å². The van der Waals surface area contributed by atoms with Crippen LogP contribution in [0.15, 0.2) is 36.4 Å². The molecule has 1 saturated heterocycles. The summed E-state index contributed by atoms with van der Waals surface area (Å²) < 4.78 is 5.08. The summed E-state index contributed by atoms with van der Waals surface area (Å²) in [5, 5.41) is 3.56. The molecule has 3 rings (SSSR count). The highest BCUT2D eigenvalue weighted by atomic mass is 35.5. The summed E-state index contributed by atoms with van der Waals surface area (Å²) in [6, 6.07) is 10.0. The van der Waals surface area contributed by atoms with Crippen molar-refractivity contribution in [1.29, 1.82) is 0 Å². The summed E-state index contributed by atoms with van der Waals surface area (Å²) in [4.78, 5) is 38.3. The van der Waals surface area contributed by atoms with E-state index in [0.717, 1.165) is 5.56 Å². The molecule has 29 heavy (non-hydrogen) atoms. The van der Waals surface area contributed by atoms with Crippen LogP contribution in [0.3, 0.4) is 0 Å². The third-order valence-electron chi connectivity index (χ3n) is 4.56. The molecule has 1 atom stereocenters. The Labute approximate surface area is 182 Å². The fraction of sp³-hybridized carbons (Fsp3) is 0.250. The molecule has 152 valence electrons. The fourth-order valence-electron chi connectivity index (χ4n) is 3.03. The Bertz CT molecular complexity index is 980. The Morgan fingerprint density at radius 3 is 2.59 bits per heavy atom. The minimum Gasteiger partial charge on any atom is -0.455 e. The molecule has 2 aromatic rings. The average molecular weight is 456 g/mol. The average Bonchev–Trinajstić information content (AvgIpc) is 3.07. The van der Waals surface area contributed by atoms with Gasteiger partial charge in [0, 0.05) is 23.7 Å². The standard InChI is InChI=1S/C20H17Cl3N2O4/c1-11-13(21)4-3-7-16(11)25-9-12(8-18(25)27)20(28)29-10-17(26)24-15-6-2-5-14(22)19(15)23/h2-7,12H,8-10H2,1H3,(H,24,26)/t12-/m0/s1. The lowest BCUT2D eigenvalue weighted by Crippen LogP contribution is -2.28. The Hall–Kier alpha value is -2.28. The van der Waals surface area contributed by atoms with Crippen LogP contribution in [-0.2, 0) is 19.1 Å². The highest BCUT2D eigenvalue weighted by molar-refractivity contribution is 6.44. The molecule has 0 bridgehead atoms. The summed E-state index contributed by atoms with van der Waals surface area (Å²) in [6.07, 6.45) is 0.00648. The Morgan fingerprint density at radius 1 is 1.14 bits per heavy atom. The van der Waals surface area contributed by atoms with Crippen LogP contribution in [-0.4, -0.2) is 30.9 Å². The van der Waals surface area contributed by atoms with Crippen molar-refractivity contribution in [2.45, 2.75) is 13.3 Å². The van der Waals surface area contributed by atoms with Gasteiger partial charge < -0.3 is 15.0 Å². The molecule has 9 heteroatoms. The molecule has 1 N–H and O–H groups in total. The number of nitrogens with zero attached hydrogens (tertiary/aromatic N) is 1. The number of carbonyl (C=O) groups excluding carboxylic acids is 3. The molecule has 6 nitrogen and oxygen atoms in total. The van der Waals surface area contributed by atoms with Gasteiger partial charge >= 0.3 is 5.97 Å². The van der Waals surface area contributed by atoms with Crippen LogP contribution in [0.25, 0.3) is 0 Å². The molecule has 0 spiro atoms. The third kappa shape index (κ3) is 4.83. The lowest BCUT2D eigenvalue weighted by Gasteiger charge is -2.19. The number of rotatable bonds is 5. The largest absolute Gasteiger partial charge is 0.455 e. The SMILES string of the molecule is Cc1c(Cl)cccc1N1C[C@@H](C(=O)OCC(=O)Nc2cccc(Cl)c2Cl)CC1=O. The van der Waals surface area contributed by atoms with Gasteiger partial charge in [-0.05, 0) is 36.8 Å². The molecule has 0 saturated carbocycles. The summed E-state index contributed by atoms with van der Waals surface area (Å²) in [5.41, 5.74) is 1.74. The topological polar surface area (TPSA) is 75.7 Å². The zero-order chi connectivity index (χ0) is 21.1. The van der Waals surface area contributed by atoms with E-state index in [1.807, 2.05) is 6.92 Å². The molecule has 1 fully saturated rings. The number of esters is 1. The quantitative estimate of drug-likeness (QED) is 0.674. The van der Waals surface area contributed by atoms with Crippen molar-refractivity contribution >= 4 is 64.0 Å². The van der Waals surface area contributed by atoms with E-state index in [0.29, 0.717) is 21.4 Å². The van der Waals surface area contributed by atoms with E-state index >= 15 is 0 Å². The van der Waals surface area contributed by atoms with Crippen LogP contribution in [0.1, 0.15) is 12.0 Å². The monoisotopic (exact) mass is 454 g/mol. The summed E-state index contributed by atoms with van der Waals surface area (Å²) in [6.45, 7) is 1.48. The molecule has 2 aromatic carbocycles. The first-order valence-electron chi connectivity index (χ1n) is 8.74. The van der Waals surface area contributed by atoms with Crippen molar-refractivity contribution in [2.75, 3.05) is 23.4 Å². The Kier molecular flexibility index (Phi) is 6.67. The van der Waals surface area contributed by atoms with Gasteiger partial charge in [-0.1, -0.05) is 46.9 Å². The molecule has 0 unspecified atom stereocenters. The number of anilines is 2. The van der Waals surface area contributed by atoms with Gasteiger partial charge in [-0.3, -0.25) is 14.4 Å². The minimum atomic E-state index is -0.663. The van der Waals surface area contributed by atoms with Crippen molar-refractivity contribution in [3.05, 3.63) is 57.0 Å². The fourth-order valence-corrected chi connectivity index (χ4v) is 3.55. The number of halogens is 3. The molecular formula is C20H17Cl3N2O4. The minimum absolute atomic E-state index is 0.00648. The first kappa shape index (κ1) is 21.4. The van der Waals surface area contributed by atoms with Gasteiger partial charge in [0.25, 0.3) is 5.91 Å². The highest BCUT2D eigenvalue weighted by Gasteiger charge is 2.37. The molecule has 1 heterocycles. The first-order valence-corrected chi connectivity index (χ1v) is 9.87. The molecule has 0 aromatic heterocycles. The van der Waals surface area contributed by atoms with Crippen LogP contribution in [0, 0.1) is 12.8 Å². The third-order valence-corrected chi connectivity index (χ3v) is 5.79. The molecule has 0 aliphatic carbocycles. The highest BCUT2D eigenvalue weighted by Crippen LogP contribution is 2.32. The Morgan fingerprint density at radius 2 is 1.83 bits per heavy atom. The maximum Gasteiger partial charge on any atom is 0.311 e. The van der Waals surface area contributed by atoms with E-state index in [-0.39, 0.29) is 23.9 Å². The molecule has 1 aliphatic heterocycles. The second kappa shape index (κ2) is 9.03. The van der Waals surface area contributed by atoms with Gasteiger partial charge in [0.1, 0.15) is 0 Å². The number of amides is 2. The maximum absolute atomic E-state index is 12.4. The predicted octanol–water partition coefficient (Wildman–Crippen LogP) is 4.49. The van der Waals surface area contributed by atoms with Crippen LogP contribution < -0.4 is 10.2 Å². The number of carbonyl (C=O) groups is 3. The van der Waals surface area contributed by atoms with Crippen molar-refractivity contribution in [1.82, 2.24) is 0 Å². The maximum atomic E-state index is 12.4. The number of hydrogen-bond acceptors (Lipinski definition) is 4. The van der Waals surface area contributed by atoms with Crippen LogP contribution in [0.5, 0.6) is 0 Å². The normalized spacial score (nSPS) is 16.1. The van der Waals surface area contributed by atoms with E-state index in [1.165, 1.54) is 4.90 Å². The van der Waals surface area contributed by atoms with Crippen molar-refractivity contribution in [2.24, 2.45) is 5.92 Å². The van der Waals surface area contributed by atoms with Crippen LogP contribution in [0.2, 0.25) is 15.1 Å². The zero-order valence-electron chi connectivity index (χ0n) is 15.4. The van der Waals surface area contributed by atoms with E-state index in [2.05, 4.69) is 5.32 Å². The van der Waals surface area contributed by atoms with Gasteiger partial charge in [-0.25, -0.2) is 0 Å². The second-order valence-electron chi connectivity index (χ2n) is 6.55. The van der Waals surface area contributed by atoms with Gasteiger partial charge in [-0.2, -0.15) is 0 Å². The van der Waals surface area contributed by atoms with Gasteiger partial charge in [0.2, 0.25) is 5.91 Å². The second-order valence-corrected chi connectivity index (χ2v) is 7.74. The smallest absolute Gasteiger partial charge is 0.311 e. The van der Waals surface area contributed by atoms with E-state index in [4.69, 9.17) is 39.5 Å². The zero-order valence-corrected chi connectivity index (χ0v) is 17.6. The lowest BCUT2D eigenvalue weighted by atomic mass is 10.1. The summed E-state index contributed by atoms with van der Waals surface area (Å²) >= 11 is 18.0. The number of ether oxygens (including phenoxy) is 1. The lowest BCUT2D eigenvalue weighted by molar-refractivity contribution is -0.151. The number of hydrogen-bond donors (Lipinski definition) is 1. The van der Waals surface area contributed by atoms with E-state index in [9.17, 15) is 14.4 Å². The van der Waals surface area contributed by atoms with Crippen LogP contribution in [0.4, 0.5) is 11.4 Å². The molecule has 0 radical (unpaired) electrons. The summed E-state index contributed by atoms with van der Waals surface area (Å²) in [5.74, 6) is -2.04. The number of nitrogens with one attached hydrogen (secondary N) is 1. The van der Waals surface area contributed by atoms with E-state index < -0.39 is 24.4 Å².